The normalized spacial score (nSPS) is 18.1. The highest BCUT2D eigenvalue weighted by atomic mass is 16.6. The number of hydrogen-bond donors (Lipinski definition) is 1. The molecule has 5 heteroatoms. The maximum absolute atomic E-state index is 11.7. The van der Waals surface area contributed by atoms with E-state index in [0.29, 0.717) is 6.54 Å². The van der Waals surface area contributed by atoms with Crippen LogP contribution in [-0.2, 0) is 9.47 Å². The third-order valence-corrected chi connectivity index (χ3v) is 2.78. The van der Waals surface area contributed by atoms with Gasteiger partial charge < -0.3 is 19.7 Å². The van der Waals surface area contributed by atoms with E-state index in [0.717, 1.165) is 26.3 Å². The van der Waals surface area contributed by atoms with E-state index in [9.17, 15) is 4.79 Å². The standard InChI is InChI=1S/C13H26N2O3/c1-12(2,3)18-11(16)15(5)7-6-14-8-13(4)9-17-10-13/h14H,6-10H2,1-5H3. The number of carbonyl (C=O) groups excluding carboxylic acids is 1. The van der Waals surface area contributed by atoms with Gasteiger partial charge in [-0.2, -0.15) is 0 Å². The van der Waals surface area contributed by atoms with Crippen LogP contribution in [0.2, 0.25) is 0 Å². The Labute approximate surface area is 110 Å². The summed E-state index contributed by atoms with van der Waals surface area (Å²) in [5, 5.41) is 3.35. The molecule has 106 valence electrons. The molecule has 0 radical (unpaired) electrons. The average molecular weight is 258 g/mol. The molecule has 0 unspecified atom stereocenters. The molecule has 0 atom stereocenters. The molecule has 5 nitrogen and oxygen atoms in total. The van der Waals surface area contributed by atoms with Gasteiger partial charge in [0.25, 0.3) is 0 Å². The molecule has 1 aliphatic heterocycles. The molecule has 1 saturated heterocycles. The summed E-state index contributed by atoms with van der Waals surface area (Å²) < 4.78 is 10.5. The van der Waals surface area contributed by atoms with Crippen molar-refractivity contribution in [1.82, 2.24) is 10.2 Å². The molecule has 0 aromatic heterocycles. The number of carbonyl (C=O) groups is 1. The van der Waals surface area contributed by atoms with Crippen molar-refractivity contribution in [2.75, 3.05) is 39.9 Å². The molecule has 1 fully saturated rings. The van der Waals surface area contributed by atoms with Gasteiger partial charge in [-0.3, -0.25) is 0 Å². The van der Waals surface area contributed by atoms with E-state index in [1.807, 2.05) is 20.8 Å². The van der Waals surface area contributed by atoms with Gasteiger partial charge in [-0.05, 0) is 20.8 Å². The Morgan fingerprint density at radius 2 is 2.06 bits per heavy atom. The van der Waals surface area contributed by atoms with Gasteiger partial charge in [0.05, 0.1) is 13.2 Å². The smallest absolute Gasteiger partial charge is 0.410 e. The van der Waals surface area contributed by atoms with Gasteiger partial charge in [0.1, 0.15) is 5.60 Å². The van der Waals surface area contributed by atoms with Crippen LogP contribution in [0.1, 0.15) is 27.7 Å². The molecule has 0 aromatic carbocycles. The van der Waals surface area contributed by atoms with Crippen LogP contribution in [-0.4, -0.2) is 56.5 Å². The summed E-state index contributed by atoms with van der Waals surface area (Å²) in [6.45, 7) is 11.8. The highest BCUT2D eigenvalue weighted by molar-refractivity contribution is 5.67. The summed E-state index contributed by atoms with van der Waals surface area (Å²) in [4.78, 5) is 13.3. The van der Waals surface area contributed by atoms with Gasteiger partial charge in [-0.1, -0.05) is 6.92 Å². The fourth-order valence-corrected chi connectivity index (χ4v) is 1.62. The third kappa shape index (κ3) is 5.23. The Bertz CT molecular complexity index is 282. The molecule has 0 bridgehead atoms. The lowest BCUT2D eigenvalue weighted by Crippen LogP contribution is -2.48. The molecule has 1 rings (SSSR count). The Morgan fingerprint density at radius 3 is 2.50 bits per heavy atom. The second kappa shape index (κ2) is 5.89. The van der Waals surface area contributed by atoms with Crippen LogP contribution in [0.15, 0.2) is 0 Å². The second-order valence-corrected chi connectivity index (χ2v) is 6.38. The monoisotopic (exact) mass is 258 g/mol. The van der Waals surface area contributed by atoms with Crippen molar-refractivity contribution in [3.63, 3.8) is 0 Å². The predicted molar refractivity (Wildman–Crippen MR) is 70.7 cm³/mol. The quantitative estimate of drug-likeness (QED) is 0.759. The van der Waals surface area contributed by atoms with E-state index >= 15 is 0 Å². The minimum atomic E-state index is -0.435. The van der Waals surface area contributed by atoms with Gasteiger partial charge in [-0.25, -0.2) is 4.79 Å². The fourth-order valence-electron chi connectivity index (χ4n) is 1.62. The Kier molecular flexibility index (Phi) is 4.99. The van der Waals surface area contributed by atoms with E-state index in [-0.39, 0.29) is 11.5 Å². The molecular formula is C13H26N2O3. The van der Waals surface area contributed by atoms with Crippen LogP contribution in [0.5, 0.6) is 0 Å². The summed E-state index contributed by atoms with van der Waals surface area (Å²) in [5.74, 6) is 0. The zero-order valence-electron chi connectivity index (χ0n) is 12.2. The zero-order chi connectivity index (χ0) is 13.8. The fraction of sp³-hybridized carbons (Fsp3) is 0.923. The van der Waals surface area contributed by atoms with Crippen molar-refractivity contribution in [2.24, 2.45) is 5.41 Å². The number of nitrogens with zero attached hydrogens (tertiary/aromatic N) is 1. The first-order valence-corrected chi connectivity index (χ1v) is 6.44. The summed E-state index contributed by atoms with van der Waals surface area (Å²) in [6.07, 6.45) is -0.275. The molecule has 18 heavy (non-hydrogen) atoms. The minimum Gasteiger partial charge on any atom is -0.444 e. The van der Waals surface area contributed by atoms with Crippen molar-refractivity contribution >= 4 is 6.09 Å². The van der Waals surface area contributed by atoms with Crippen LogP contribution < -0.4 is 5.32 Å². The third-order valence-electron chi connectivity index (χ3n) is 2.78. The minimum absolute atomic E-state index is 0.268. The van der Waals surface area contributed by atoms with E-state index in [4.69, 9.17) is 9.47 Å². The Balaban J connectivity index is 2.12. The number of rotatable bonds is 5. The van der Waals surface area contributed by atoms with Crippen molar-refractivity contribution in [2.45, 2.75) is 33.3 Å². The van der Waals surface area contributed by atoms with Crippen LogP contribution >= 0.6 is 0 Å². The lowest BCUT2D eigenvalue weighted by molar-refractivity contribution is -0.0990. The molecule has 1 aliphatic rings. The number of ether oxygens (including phenoxy) is 2. The first-order chi connectivity index (χ1) is 8.22. The number of nitrogens with one attached hydrogen (secondary N) is 1. The van der Waals surface area contributed by atoms with Crippen molar-refractivity contribution < 1.29 is 14.3 Å². The lowest BCUT2D eigenvalue weighted by atomic mass is 9.89. The van der Waals surface area contributed by atoms with Crippen LogP contribution in [0.4, 0.5) is 4.79 Å². The van der Waals surface area contributed by atoms with E-state index in [1.165, 1.54) is 0 Å². The molecule has 0 aliphatic carbocycles. The Morgan fingerprint density at radius 1 is 1.44 bits per heavy atom. The van der Waals surface area contributed by atoms with Gasteiger partial charge in [-0.15, -0.1) is 0 Å². The zero-order valence-corrected chi connectivity index (χ0v) is 12.2. The van der Waals surface area contributed by atoms with E-state index in [1.54, 1.807) is 11.9 Å². The van der Waals surface area contributed by atoms with Crippen LogP contribution in [0.3, 0.4) is 0 Å². The molecule has 1 amide bonds. The molecule has 0 spiro atoms. The summed E-state index contributed by atoms with van der Waals surface area (Å²) in [5.41, 5.74) is -0.167. The van der Waals surface area contributed by atoms with Crippen LogP contribution in [0, 0.1) is 5.41 Å². The summed E-state index contributed by atoms with van der Waals surface area (Å²) in [7, 11) is 1.75. The first-order valence-electron chi connectivity index (χ1n) is 6.44. The number of hydrogen-bond acceptors (Lipinski definition) is 4. The number of amides is 1. The van der Waals surface area contributed by atoms with Gasteiger partial charge in [0.2, 0.25) is 0 Å². The van der Waals surface area contributed by atoms with E-state index in [2.05, 4.69) is 12.2 Å². The Hall–Kier alpha value is -0.810. The molecule has 0 saturated carbocycles. The topological polar surface area (TPSA) is 50.8 Å². The summed E-state index contributed by atoms with van der Waals surface area (Å²) in [6, 6.07) is 0. The molecule has 1 heterocycles. The average Bonchev–Trinajstić information content (AvgIpc) is 2.19. The highest BCUT2D eigenvalue weighted by Crippen LogP contribution is 2.24. The lowest BCUT2D eigenvalue weighted by Gasteiger charge is -2.38. The maximum atomic E-state index is 11.7. The predicted octanol–water partition coefficient (Wildman–Crippen LogP) is 1.48. The molecule has 0 aromatic rings. The van der Waals surface area contributed by atoms with Gasteiger partial charge in [0, 0.05) is 32.1 Å². The first kappa shape index (κ1) is 15.2. The summed E-state index contributed by atoms with van der Waals surface area (Å²) >= 11 is 0. The van der Waals surface area contributed by atoms with Crippen molar-refractivity contribution in [1.29, 1.82) is 0 Å². The largest absolute Gasteiger partial charge is 0.444 e. The second-order valence-electron chi connectivity index (χ2n) is 6.38. The van der Waals surface area contributed by atoms with Gasteiger partial charge in [0.15, 0.2) is 0 Å². The number of likely N-dealkylation sites (N-methyl/N-ethyl adjacent to an activating group) is 1. The molecule has 1 N–H and O–H groups in total. The molecular weight excluding hydrogens is 232 g/mol. The van der Waals surface area contributed by atoms with Crippen molar-refractivity contribution in [3.8, 4) is 0 Å². The van der Waals surface area contributed by atoms with Crippen molar-refractivity contribution in [3.05, 3.63) is 0 Å². The SMILES string of the molecule is CN(CCNCC1(C)COC1)C(=O)OC(C)(C)C. The maximum Gasteiger partial charge on any atom is 0.410 e. The van der Waals surface area contributed by atoms with Gasteiger partial charge >= 0.3 is 6.09 Å². The van der Waals surface area contributed by atoms with Crippen LogP contribution in [0.25, 0.3) is 0 Å². The van der Waals surface area contributed by atoms with E-state index < -0.39 is 5.60 Å². The highest BCUT2D eigenvalue weighted by Gasteiger charge is 2.32.